The highest BCUT2D eigenvalue weighted by Gasteiger charge is 2.44. The summed E-state index contributed by atoms with van der Waals surface area (Å²) in [5, 5.41) is 5.93. The molecule has 3 atom stereocenters. The Labute approximate surface area is 225 Å². The van der Waals surface area contributed by atoms with E-state index in [0.29, 0.717) is 12.8 Å². The van der Waals surface area contributed by atoms with E-state index in [1.807, 2.05) is 87.4 Å². The first-order chi connectivity index (χ1) is 16.7. The van der Waals surface area contributed by atoms with Gasteiger partial charge in [0.05, 0.1) is 0 Å². The number of aryl methyl sites for hydroxylation is 2. The Hall–Kier alpha value is -2.57. The zero-order valence-electron chi connectivity index (χ0n) is 25.5. The van der Waals surface area contributed by atoms with Gasteiger partial charge in [-0.05, 0) is 87.1 Å². The second kappa shape index (κ2) is 12.3. The maximum absolute atomic E-state index is 14.5. The molecule has 0 aliphatic rings. The number of hydrogen-bond donors (Lipinski definition) is 2. The molecule has 7 heteroatoms. The van der Waals surface area contributed by atoms with Gasteiger partial charge in [-0.15, -0.1) is 0 Å². The number of carbonyl (C=O) groups excluding carboxylic acids is 3. The van der Waals surface area contributed by atoms with Gasteiger partial charge in [0.15, 0.2) is 0 Å². The van der Waals surface area contributed by atoms with E-state index in [2.05, 4.69) is 10.6 Å². The minimum absolute atomic E-state index is 0.180. The molecule has 0 saturated heterocycles. The fourth-order valence-corrected chi connectivity index (χ4v) is 4.24. The van der Waals surface area contributed by atoms with Crippen molar-refractivity contribution in [2.75, 3.05) is 0 Å². The molecule has 2 N–H and O–H groups in total. The quantitative estimate of drug-likeness (QED) is 0.407. The summed E-state index contributed by atoms with van der Waals surface area (Å²) in [5.74, 6) is -0.742. The van der Waals surface area contributed by atoms with Crippen LogP contribution in [-0.2, 0) is 14.3 Å². The molecule has 0 saturated carbocycles. The van der Waals surface area contributed by atoms with Crippen LogP contribution in [0.2, 0.25) is 0 Å². The third-order valence-electron chi connectivity index (χ3n) is 6.47. The number of ether oxygens (including phenoxy) is 1. The van der Waals surface area contributed by atoms with Gasteiger partial charge in [-0.3, -0.25) is 9.59 Å². The van der Waals surface area contributed by atoms with Crippen molar-refractivity contribution in [1.29, 1.82) is 0 Å². The molecule has 0 aliphatic carbocycles. The van der Waals surface area contributed by atoms with Crippen molar-refractivity contribution in [3.8, 4) is 0 Å². The molecule has 1 aromatic rings. The Morgan fingerprint density at radius 1 is 0.919 bits per heavy atom. The van der Waals surface area contributed by atoms with E-state index < -0.39 is 34.9 Å². The average Bonchev–Trinajstić information content (AvgIpc) is 2.71. The molecule has 0 radical (unpaired) electrons. The summed E-state index contributed by atoms with van der Waals surface area (Å²) in [5.41, 5.74) is 0.879. The van der Waals surface area contributed by atoms with Gasteiger partial charge in [-0.25, -0.2) is 4.79 Å². The molecule has 1 aromatic carbocycles. The summed E-state index contributed by atoms with van der Waals surface area (Å²) in [6, 6.07) is 4.23. The monoisotopic (exact) mass is 517 g/mol. The summed E-state index contributed by atoms with van der Waals surface area (Å²) in [4.78, 5) is 42.9. The molecule has 1 rings (SSSR count). The number of rotatable bonds is 9. The summed E-state index contributed by atoms with van der Waals surface area (Å²) < 4.78 is 5.49. The number of carbonyl (C=O) groups is 3. The molecule has 0 heterocycles. The van der Waals surface area contributed by atoms with Crippen LogP contribution in [0.1, 0.15) is 112 Å². The minimum atomic E-state index is -0.882. The van der Waals surface area contributed by atoms with Crippen LogP contribution in [0.25, 0.3) is 0 Å². The van der Waals surface area contributed by atoms with Crippen molar-refractivity contribution in [1.82, 2.24) is 15.5 Å². The lowest BCUT2D eigenvalue weighted by molar-refractivity contribution is -0.151. The fraction of sp³-hybridized carbons (Fsp3) is 0.700. The molecule has 0 fully saturated rings. The van der Waals surface area contributed by atoms with E-state index in [1.165, 1.54) is 0 Å². The normalized spacial score (nSPS) is 14.8. The first-order valence-electron chi connectivity index (χ1n) is 13.4. The summed E-state index contributed by atoms with van der Waals surface area (Å²) in [7, 11) is 0. The van der Waals surface area contributed by atoms with Crippen LogP contribution in [0.4, 0.5) is 4.79 Å². The van der Waals surface area contributed by atoms with Gasteiger partial charge in [0.2, 0.25) is 11.8 Å². The van der Waals surface area contributed by atoms with Gasteiger partial charge in [0.1, 0.15) is 17.7 Å². The van der Waals surface area contributed by atoms with Gasteiger partial charge >= 0.3 is 6.09 Å². The molecular formula is C30H51N3O4. The number of benzene rings is 1. The molecule has 0 aromatic heterocycles. The Morgan fingerprint density at radius 3 is 1.84 bits per heavy atom. The number of amides is 3. The Morgan fingerprint density at radius 2 is 1.43 bits per heavy atom. The van der Waals surface area contributed by atoms with E-state index in [4.69, 9.17) is 4.74 Å². The molecule has 7 nitrogen and oxygen atoms in total. The molecular weight excluding hydrogens is 466 g/mol. The van der Waals surface area contributed by atoms with Crippen molar-refractivity contribution in [3.05, 3.63) is 34.9 Å². The number of nitrogens with zero attached hydrogens (tertiary/aromatic N) is 1. The van der Waals surface area contributed by atoms with Crippen LogP contribution in [0, 0.1) is 19.8 Å². The van der Waals surface area contributed by atoms with Crippen LogP contribution in [0.5, 0.6) is 0 Å². The van der Waals surface area contributed by atoms with Crippen molar-refractivity contribution in [2.45, 2.75) is 132 Å². The first-order valence-corrected chi connectivity index (χ1v) is 13.4. The van der Waals surface area contributed by atoms with Crippen LogP contribution in [0.15, 0.2) is 18.2 Å². The molecule has 210 valence electrons. The van der Waals surface area contributed by atoms with Gasteiger partial charge in [0, 0.05) is 11.1 Å². The zero-order chi connectivity index (χ0) is 28.9. The molecule has 0 spiro atoms. The van der Waals surface area contributed by atoms with E-state index in [0.717, 1.165) is 16.7 Å². The summed E-state index contributed by atoms with van der Waals surface area (Å²) in [6.07, 6.45) is 0.625. The molecule has 3 unspecified atom stereocenters. The third-order valence-corrected chi connectivity index (χ3v) is 6.47. The Kier molecular flexibility index (Phi) is 10.8. The van der Waals surface area contributed by atoms with Crippen molar-refractivity contribution < 1.29 is 19.1 Å². The lowest BCUT2D eigenvalue weighted by Crippen LogP contribution is -2.61. The second-order valence-corrected chi connectivity index (χ2v) is 12.9. The predicted octanol–water partition coefficient (Wildman–Crippen LogP) is 6.22. The lowest BCUT2D eigenvalue weighted by Gasteiger charge is -2.46. The van der Waals surface area contributed by atoms with E-state index >= 15 is 0 Å². The van der Waals surface area contributed by atoms with E-state index in [9.17, 15) is 14.4 Å². The Balaban J connectivity index is 3.78. The van der Waals surface area contributed by atoms with Gasteiger partial charge in [-0.2, -0.15) is 0 Å². The molecule has 0 aliphatic heterocycles. The highest BCUT2D eigenvalue weighted by Crippen LogP contribution is 2.34. The Bertz CT molecular complexity index is 936. The molecule has 0 bridgehead atoms. The molecule has 37 heavy (non-hydrogen) atoms. The maximum Gasteiger partial charge on any atom is 0.408 e. The lowest BCUT2D eigenvalue weighted by atomic mass is 9.88. The van der Waals surface area contributed by atoms with Crippen LogP contribution in [0.3, 0.4) is 0 Å². The number of hydrogen-bond acceptors (Lipinski definition) is 4. The van der Waals surface area contributed by atoms with Crippen LogP contribution >= 0.6 is 0 Å². The van der Waals surface area contributed by atoms with Gasteiger partial charge in [-0.1, -0.05) is 56.5 Å². The minimum Gasteiger partial charge on any atom is -0.444 e. The summed E-state index contributed by atoms with van der Waals surface area (Å²) >= 11 is 0. The predicted molar refractivity (Wildman–Crippen MR) is 150 cm³/mol. The highest BCUT2D eigenvalue weighted by atomic mass is 16.6. The van der Waals surface area contributed by atoms with Gasteiger partial charge in [0.25, 0.3) is 0 Å². The van der Waals surface area contributed by atoms with Crippen LogP contribution < -0.4 is 10.6 Å². The number of nitrogens with one attached hydrogen (secondary N) is 2. The zero-order valence-corrected chi connectivity index (χ0v) is 25.5. The van der Waals surface area contributed by atoms with Crippen molar-refractivity contribution in [3.63, 3.8) is 0 Å². The van der Waals surface area contributed by atoms with Gasteiger partial charge < -0.3 is 20.3 Å². The topological polar surface area (TPSA) is 87.7 Å². The number of alkyl carbamates (subject to hydrolysis) is 1. The second-order valence-electron chi connectivity index (χ2n) is 12.9. The standard InChI is InChI=1S/C30H51N3O4/c1-14-21(5)23(31-27(36)37-29(9,10)11)26(35)33(30(12,13)15-2)24(25(34)32-28(6,7)8)22-17-19(3)16-20(4)18-22/h16-18,21,23-24H,14-15H2,1-13H3,(H,31,36)(H,32,34). The van der Waals surface area contributed by atoms with Crippen LogP contribution in [-0.4, -0.2) is 45.5 Å². The first kappa shape index (κ1) is 32.5. The largest absolute Gasteiger partial charge is 0.444 e. The smallest absolute Gasteiger partial charge is 0.408 e. The third kappa shape index (κ3) is 9.67. The van der Waals surface area contributed by atoms with Crippen molar-refractivity contribution >= 4 is 17.9 Å². The average molecular weight is 518 g/mol. The van der Waals surface area contributed by atoms with Crippen molar-refractivity contribution in [2.24, 2.45) is 5.92 Å². The highest BCUT2D eigenvalue weighted by molar-refractivity contribution is 5.93. The molecule has 3 amide bonds. The SMILES string of the molecule is CCC(C)C(NC(=O)OC(C)(C)C)C(=O)N(C(C(=O)NC(C)(C)C)c1cc(C)cc(C)c1)C(C)(C)CC. The van der Waals surface area contributed by atoms with E-state index in [-0.39, 0.29) is 17.7 Å². The fourth-order valence-electron chi connectivity index (χ4n) is 4.24. The van der Waals surface area contributed by atoms with E-state index in [1.54, 1.807) is 25.7 Å². The maximum atomic E-state index is 14.5. The summed E-state index contributed by atoms with van der Waals surface area (Å²) in [6.45, 7) is 24.9.